The Morgan fingerprint density at radius 3 is 2.17 bits per heavy atom. The summed E-state index contributed by atoms with van der Waals surface area (Å²) in [5, 5.41) is 22.1. The fraction of sp³-hybridized carbons (Fsp3) is 0.448. The molecule has 13 nitrogen and oxygen atoms in total. The third-order valence-corrected chi connectivity index (χ3v) is 6.06. The summed E-state index contributed by atoms with van der Waals surface area (Å²) in [5.41, 5.74) is 1.31. The lowest BCUT2D eigenvalue weighted by molar-refractivity contribution is 0.0519. The van der Waals surface area contributed by atoms with Gasteiger partial charge in [0.25, 0.3) is 5.91 Å². The van der Waals surface area contributed by atoms with E-state index in [-0.39, 0.29) is 24.5 Å². The molecule has 0 saturated heterocycles. The monoisotopic (exact) mass is 583 g/mol. The minimum Gasteiger partial charge on any atom is -0.493 e. The van der Waals surface area contributed by atoms with Crippen molar-refractivity contribution < 1.29 is 28.8 Å². The Bertz CT molecular complexity index is 1230. The molecule has 0 aliphatic heterocycles. The van der Waals surface area contributed by atoms with Gasteiger partial charge in [0, 0.05) is 30.4 Å². The Morgan fingerprint density at radius 1 is 0.833 bits per heavy atom. The van der Waals surface area contributed by atoms with Gasteiger partial charge in [0.15, 0.2) is 11.5 Å². The minimum absolute atomic E-state index is 0.0696. The van der Waals surface area contributed by atoms with Gasteiger partial charge in [-0.2, -0.15) is 15.0 Å². The lowest BCUT2D eigenvalue weighted by Gasteiger charge is -2.20. The molecular formula is C29H41N7O6. The molecule has 0 fully saturated rings. The number of ether oxygens (including phenoxy) is 4. The fourth-order valence-electron chi connectivity index (χ4n) is 3.69. The molecule has 0 aliphatic carbocycles. The van der Waals surface area contributed by atoms with Crippen LogP contribution in [0.1, 0.15) is 24.2 Å². The van der Waals surface area contributed by atoms with Crippen LogP contribution in [0.4, 0.5) is 23.5 Å². The second kappa shape index (κ2) is 17.6. The van der Waals surface area contributed by atoms with E-state index in [2.05, 4.69) is 36.2 Å². The average molecular weight is 584 g/mol. The molecule has 0 unspecified atom stereocenters. The average Bonchev–Trinajstić information content (AvgIpc) is 3.00. The molecule has 0 aliphatic rings. The number of benzene rings is 2. The molecule has 13 heteroatoms. The Morgan fingerprint density at radius 2 is 1.50 bits per heavy atom. The smallest absolute Gasteiger partial charge is 0.251 e. The zero-order chi connectivity index (χ0) is 30.2. The van der Waals surface area contributed by atoms with Crippen molar-refractivity contribution in [3.05, 3.63) is 54.1 Å². The summed E-state index contributed by atoms with van der Waals surface area (Å²) in [6, 6.07) is 14.2. The summed E-state index contributed by atoms with van der Waals surface area (Å²) >= 11 is 0. The van der Waals surface area contributed by atoms with E-state index in [4.69, 9.17) is 18.9 Å². The van der Waals surface area contributed by atoms with Crippen molar-refractivity contribution in [1.29, 1.82) is 0 Å². The molecule has 5 N–H and O–H groups in total. The highest BCUT2D eigenvalue weighted by molar-refractivity contribution is 5.94. The molecular weight excluding hydrogens is 542 g/mol. The lowest BCUT2D eigenvalue weighted by atomic mass is 10.1. The van der Waals surface area contributed by atoms with Gasteiger partial charge in [-0.15, -0.1) is 0 Å². The van der Waals surface area contributed by atoms with Crippen LogP contribution in [0.15, 0.2) is 48.5 Å². The maximum absolute atomic E-state index is 12.0. The summed E-state index contributed by atoms with van der Waals surface area (Å²) in [5.74, 6) is 2.15. The maximum atomic E-state index is 12.0. The Hall–Kier alpha value is -4.20. The maximum Gasteiger partial charge on any atom is 0.251 e. The zero-order valence-electron chi connectivity index (χ0n) is 24.6. The van der Waals surface area contributed by atoms with Gasteiger partial charge in [-0.3, -0.25) is 4.79 Å². The number of nitrogens with one attached hydrogen (secondary N) is 4. The van der Waals surface area contributed by atoms with Crippen LogP contribution in [0.2, 0.25) is 0 Å². The first-order valence-corrected chi connectivity index (χ1v) is 13.8. The molecule has 0 spiro atoms. The van der Waals surface area contributed by atoms with Crippen LogP contribution < -0.4 is 30.7 Å². The largest absolute Gasteiger partial charge is 0.493 e. The summed E-state index contributed by atoms with van der Waals surface area (Å²) in [6.07, 6.45) is 0. The number of aromatic nitrogens is 3. The predicted octanol–water partition coefficient (Wildman–Crippen LogP) is 2.94. The molecule has 42 heavy (non-hydrogen) atoms. The van der Waals surface area contributed by atoms with Crippen molar-refractivity contribution >= 4 is 29.4 Å². The van der Waals surface area contributed by atoms with Crippen LogP contribution in [0.5, 0.6) is 11.5 Å². The van der Waals surface area contributed by atoms with E-state index in [9.17, 15) is 9.90 Å². The summed E-state index contributed by atoms with van der Waals surface area (Å²) in [6.45, 7) is 6.37. The number of anilines is 4. The van der Waals surface area contributed by atoms with Gasteiger partial charge in [-0.05, 0) is 30.2 Å². The molecule has 1 aromatic heterocycles. The number of hydrogen-bond acceptors (Lipinski definition) is 12. The Kier molecular flexibility index (Phi) is 13.5. The molecule has 1 atom stereocenters. The molecule has 3 aromatic rings. The number of amides is 1. The molecule has 2 aromatic carbocycles. The standard InChI is InChI=1S/C29H41N7O6/c1-20(2)23(19-37)33-29-35-27(34-28(36-29)32-22-10-11-24(39-3)25(18-22)40-4)31-13-15-42-17-16-41-14-12-30-26(38)21-8-6-5-7-9-21/h5-11,18,20,23,37H,12-17,19H2,1-4H3,(H,30,38)(H3,31,32,33,34,35,36)/t23-/m0/s1. The van der Waals surface area contributed by atoms with E-state index in [1.54, 1.807) is 38.5 Å². The highest BCUT2D eigenvalue weighted by atomic mass is 16.5. The molecule has 0 bridgehead atoms. The Labute approximate surface area is 246 Å². The fourth-order valence-corrected chi connectivity index (χ4v) is 3.69. The van der Waals surface area contributed by atoms with Gasteiger partial charge in [0.2, 0.25) is 17.8 Å². The van der Waals surface area contributed by atoms with Gasteiger partial charge in [-0.1, -0.05) is 32.0 Å². The highest BCUT2D eigenvalue weighted by Gasteiger charge is 2.16. The first-order valence-electron chi connectivity index (χ1n) is 13.8. The van der Waals surface area contributed by atoms with Gasteiger partial charge in [0.05, 0.1) is 53.3 Å². The molecule has 1 amide bonds. The van der Waals surface area contributed by atoms with Gasteiger partial charge in [-0.25, -0.2) is 0 Å². The second-order valence-corrected chi connectivity index (χ2v) is 9.45. The van der Waals surface area contributed by atoms with Crippen molar-refractivity contribution in [1.82, 2.24) is 20.3 Å². The van der Waals surface area contributed by atoms with Gasteiger partial charge in [0.1, 0.15) is 0 Å². The van der Waals surface area contributed by atoms with Crippen molar-refractivity contribution in [3.63, 3.8) is 0 Å². The van der Waals surface area contributed by atoms with Gasteiger partial charge < -0.3 is 45.3 Å². The number of methoxy groups -OCH3 is 2. The zero-order valence-corrected chi connectivity index (χ0v) is 24.6. The lowest BCUT2D eigenvalue weighted by Crippen LogP contribution is -2.30. The first-order chi connectivity index (χ1) is 20.4. The second-order valence-electron chi connectivity index (χ2n) is 9.45. The predicted molar refractivity (Wildman–Crippen MR) is 161 cm³/mol. The quantitative estimate of drug-likeness (QED) is 0.131. The minimum atomic E-state index is -0.232. The van der Waals surface area contributed by atoms with Crippen LogP contribution in [0.3, 0.4) is 0 Å². The number of carbonyl (C=O) groups is 1. The molecule has 0 radical (unpaired) electrons. The molecule has 0 saturated carbocycles. The van der Waals surface area contributed by atoms with E-state index in [1.165, 1.54) is 0 Å². The SMILES string of the molecule is COc1ccc(Nc2nc(NCCOCCOCCNC(=O)c3ccccc3)nc(N[C@@H](CO)C(C)C)n2)cc1OC. The molecule has 3 rings (SSSR count). The third-order valence-electron chi connectivity index (χ3n) is 6.06. The number of carbonyl (C=O) groups excluding carboxylic acids is 1. The third kappa shape index (κ3) is 10.7. The van der Waals surface area contributed by atoms with Crippen LogP contribution >= 0.6 is 0 Å². The first kappa shape index (κ1) is 32.3. The van der Waals surface area contributed by atoms with Crippen molar-refractivity contribution in [2.24, 2.45) is 5.92 Å². The summed E-state index contributed by atoms with van der Waals surface area (Å²) < 4.78 is 21.8. The van der Waals surface area contributed by atoms with E-state index >= 15 is 0 Å². The highest BCUT2D eigenvalue weighted by Crippen LogP contribution is 2.30. The number of aliphatic hydroxyl groups is 1. The van der Waals surface area contributed by atoms with E-state index in [1.807, 2.05) is 38.1 Å². The van der Waals surface area contributed by atoms with Crippen molar-refractivity contribution in [2.45, 2.75) is 19.9 Å². The molecule has 1 heterocycles. The van der Waals surface area contributed by atoms with E-state index < -0.39 is 0 Å². The van der Waals surface area contributed by atoms with Crippen LogP contribution in [-0.2, 0) is 9.47 Å². The summed E-state index contributed by atoms with van der Waals surface area (Å²) in [7, 11) is 3.14. The van der Waals surface area contributed by atoms with Crippen LogP contribution in [0.25, 0.3) is 0 Å². The van der Waals surface area contributed by atoms with Crippen LogP contribution in [0, 0.1) is 5.92 Å². The van der Waals surface area contributed by atoms with E-state index in [0.29, 0.717) is 80.1 Å². The van der Waals surface area contributed by atoms with E-state index in [0.717, 1.165) is 0 Å². The normalized spacial score (nSPS) is 11.6. The van der Waals surface area contributed by atoms with Crippen LogP contribution in [-0.4, -0.2) is 92.4 Å². The van der Waals surface area contributed by atoms with Gasteiger partial charge >= 0.3 is 0 Å². The Balaban J connectivity index is 1.46. The number of aliphatic hydroxyl groups excluding tert-OH is 1. The van der Waals surface area contributed by atoms with Crippen molar-refractivity contribution in [2.75, 3.05) is 76.3 Å². The topological polar surface area (TPSA) is 161 Å². The number of nitrogens with zero attached hydrogens (tertiary/aromatic N) is 3. The number of rotatable bonds is 19. The number of hydrogen-bond donors (Lipinski definition) is 5. The summed E-state index contributed by atoms with van der Waals surface area (Å²) in [4.78, 5) is 25.4. The van der Waals surface area contributed by atoms with Crippen molar-refractivity contribution in [3.8, 4) is 11.5 Å². The molecule has 228 valence electrons.